The highest BCUT2D eigenvalue weighted by Gasteiger charge is 2.64. The van der Waals surface area contributed by atoms with Gasteiger partial charge in [-0.25, -0.2) is 0 Å². The lowest BCUT2D eigenvalue weighted by molar-refractivity contribution is -0.153. The zero-order valence-corrected chi connectivity index (χ0v) is 26.0. The highest BCUT2D eigenvalue weighted by Crippen LogP contribution is 2.54. The maximum Gasteiger partial charge on any atom is 0.255 e. The van der Waals surface area contributed by atoms with Crippen LogP contribution in [0.15, 0.2) is 23.0 Å². The topological polar surface area (TPSA) is 168 Å². The summed E-state index contributed by atoms with van der Waals surface area (Å²) in [4.78, 5) is 45.6. The molecule has 44 heavy (non-hydrogen) atoms. The number of aliphatic hydroxyl groups excluding tert-OH is 2. The van der Waals surface area contributed by atoms with Crippen LogP contribution in [0.2, 0.25) is 0 Å². The highest BCUT2D eigenvalue weighted by molar-refractivity contribution is 6.24. The van der Waals surface area contributed by atoms with Crippen molar-refractivity contribution in [2.45, 2.75) is 63.1 Å². The Balaban J connectivity index is 1.44. The van der Waals surface area contributed by atoms with Gasteiger partial charge < -0.3 is 31.1 Å². The first-order chi connectivity index (χ1) is 20.8. The molecule has 6 N–H and O–H groups in total. The number of fused-ring (bicyclic) bond motifs is 4. The Morgan fingerprint density at radius 3 is 2.39 bits per heavy atom. The van der Waals surface area contributed by atoms with Gasteiger partial charge in [0.2, 0.25) is 5.78 Å². The molecule has 0 bridgehead atoms. The number of aliphatic hydroxyl groups is 3. The number of piperidine rings is 1. The molecule has 6 atom stereocenters. The largest absolute Gasteiger partial charge is 0.508 e. The zero-order valence-electron chi connectivity index (χ0n) is 26.0. The summed E-state index contributed by atoms with van der Waals surface area (Å²) < 4.78 is 0. The lowest BCUT2D eigenvalue weighted by atomic mass is 9.57. The Kier molecular flexibility index (Phi) is 7.57. The number of primary amides is 1. The third-order valence-electron chi connectivity index (χ3n) is 11.0. The number of rotatable bonds is 5. The van der Waals surface area contributed by atoms with Crippen molar-refractivity contribution in [3.05, 3.63) is 39.7 Å². The lowest BCUT2D eigenvalue weighted by Crippen LogP contribution is -2.65. The van der Waals surface area contributed by atoms with Crippen LogP contribution in [0.1, 0.15) is 55.2 Å². The van der Waals surface area contributed by atoms with E-state index in [0.717, 1.165) is 31.1 Å². The summed E-state index contributed by atoms with van der Waals surface area (Å²) in [6.07, 6.45) is 6.52. The number of benzene rings is 1. The third-order valence-corrected chi connectivity index (χ3v) is 11.0. The molecule has 1 amide bonds. The minimum absolute atomic E-state index is 0.0669. The number of carbonyl (C=O) groups excluding carboxylic acids is 3. The maximum absolute atomic E-state index is 14.2. The number of hydrogen-bond acceptors (Lipinski definition) is 10. The lowest BCUT2D eigenvalue weighted by Gasteiger charge is -2.50. The number of phenols is 1. The fraction of sp³-hybridized carbons (Fsp3) is 0.606. The second-order valence-corrected chi connectivity index (χ2v) is 13.9. The Morgan fingerprint density at radius 2 is 1.75 bits per heavy atom. The number of Topliss-reactive ketones (excluding diaryl/α,β-unsaturated/α-hetero) is 2. The first-order valence-electron chi connectivity index (χ1n) is 15.7. The van der Waals surface area contributed by atoms with Crippen molar-refractivity contribution in [2.75, 3.05) is 46.2 Å². The van der Waals surface area contributed by atoms with Gasteiger partial charge in [-0.2, -0.15) is 0 Å². The van der Waals surface area contributed by atoms with Crippen LogP contribution >= 0.6 is 0 Å². The molecular weight excluding hydrogens is 564 g/mol. The van der Waals surface area contributed by atoms with Crippen LogP contribution in [0.4, 0.5) is 5.69 Å². The van der Waals surface area contributed by atoms with Crippen molar-refractivity contribution in [3.8, 4) is 5.75 Å². The predicted octanol–water partition coefficient (Wildman–Crippen LogP) is 2.04. The third kappa shape index (κ3) is 4.46. The number of likely N-dealkylation sites (tertiary alicyclic amines) is 1. The second kappa shape index (κ2) is 10.9. The summed E-state index contributed by atoms with van der Waals surface area (Å²) in [6, 6.07) is 0.853. The van der Waals surface area contributed by atoms with Crippen molar-refractivity contribution in [1.82, 2.24) is 9.80 Å². The number of aromatic hydroxyl groups is 1. The SMILES string of the molecule is CN(C)c1cc(CN2CCC3CCCCC3C2)c(O)c2c1CC1CC3[C@H](N(C)C)C(=O)C(C(N)=O)=C(O)[C@@]3(O)C(=O)C1=C2O. The van der Waals surface area contributed by atoms with E-state index in [-0.39, 0.29) is 29.7 Å². The van der Waals surface area contributed by atoms with Crippen molar-refractivity contribution in [3.63, 3.8) is 0 Å². The van der Waals surface area contributed by atoms with Gasteiger partial charge in [-0.05, 0) is 75.7 Å². The van der Waals surface area contributed by atoms with Gasteiger partial charge in [-0.15, -0.1) is 0 Å². The number of anilines is 1. The Morgan fingerprint density at radius 1 is 1.07 bits per heavy atom. The normalized spacial score (nSPS) is 32.3. The smallest absolute Gasteiger partial charge is 0.255 e. The van der Waals surface area contributed by atoms with Gasteiger partial charge in [-0.3, -0.25) is 24.2 Å². The van der Waals surface area contributed by atoms with Crippen LogP contribution < -0.4 is 10.6 Å². The fourth-order valence-corrected chi connectivity index (χ4v) is 8.93. The van der Waals surface area contributed by atoms with E-state index in [1.165, 1.54) is 30.6 Å². The molecule has 11 heteroatoms. The van der Waals surface area contributed by atoms with Gasteiger partial charge in [0, 0.05) is 49.9 Å². The van der Waals surface area contributed by atoms with Crippen molar-refractivity contribution in [1.29, 1.82) is 0 Å². The van der Waals surface area contributed by atoms with E-state index in [4.69, 9.17) is 5.73 Å². The summed E-state index contributed by atoms with van der Waals surface area (Å²) in [5, 5.41) is 46.4. The number of phenolic OH excluding ortho intramolecular Hbond substituents is 1. The van der Waals surface area contributed by atoms with E-state index in [1.54, 1.807) is 14.1 Å². The van der Waals surface area contributed by atoms with Gasteiger partial charge in [0.1, 0.15) is 22.8 Å². The molecule has 0 radical (unpaired) electrons. The highest BCUT2D eigenvalue weighted by atomic mass is 16.3. The molecule has 4 aliphatic carbocycles. The van der Waals surface area contributed by atoms with Crippen molar-refractivity contribution < 1.29 is 34.8 Å². The van der Waals surface area contributed by atoms with E-state index in [0.29, 0.717) is 23.6 Å². The van der Waals surface area contributed by atoms with E-state index in [2.05, 4.69) is 4.90 Å². The second-order valence-electron chi connectivity index (χ2n) is 13.9. The number of amides is 1. The molecular formula is C33H44N4O7. The molecule has 11 nitrogen and oxygen atoms in total. The standard InChI is InChI=1S/C33H44N4O7/c1-35(2)22-13-19(15-37-10-9-16-7-5-6-8-17(16)14-37)27(38)24-20(22)11-18-12-21-26(36(3)4)29(40)25(32(34)43)31(42)33(21,44)30(41)23(18)28(24)39/h13,16-18,21,26,38-39,42,44H,5-12,14-15H2,1-4H3,(H2,34,43)/t16?,17?,18?,21?,26-,33-/m0/s1. The number of ketones is 2. The van der Waals surface area contributed by atoms with Gasteiger partial charge in [0.05, 0.1) is 11.6 Å². The molecule has 1 aromatic carbocycles. The molecule has 6 rings (SSSR count). The molecule has 5 aliphatic rings. The van der Waals surface area contributed by atoms with E-state index >= 15 is 0 Å². The maximum atomic E-state index is 14.2. The summed E-state index contributed by atoms with van der Waals surface area (Å²) in [7, 11) is 6.96. The molecule has 1 aromatic rings. The molecule has 238 valence electrons. The number of nitrogens with zero attached hydrogens (tertiary/aromatic N) is 3. The van der Waals surface area contributed by atoms with Gasteiger partial charge in [-0.1, -0.05) is 19.3 Å². The number of nitrogens with two attached hydrogens (primary N) is 1. The fourth-order valence-electron chi connectivity index (χ4n) is 8.93. The van der Waals surface area contributed by atoms with Crippen LogP contribution in [0, 0.1) is 23.7 Å². The first-order valence-corrected chi connectivity index (χ1v) is 15.7. The quantitative estimate of drug-likeness (QED) is 0.312. The molecule has 1 saturated heterocycles. The van der Waals surface area contributed by atoms with Crippen LogP contribution in [0.5, 0.6) is 5.75 Å². The van der Waals surface area contributed by atoms with Gasteiger partial charge in [0.15, 0.2) is 11.4 Å². The molecule has 1 aliphatic heterocycles. The molecule has 3 fully saturated rings. The summed E-state index contributed by atoms with van der Waals surface area (Å²) >= 11 is 0. The van der Waals surface area contributed by atoms with Crippen LogP contribution in [0.3, 0.4) is 0 Å². The first kappa shape index (κ1) is 30.6. The summed E-state index contributed by atoms with van der Waals surface area (Å²) in [6.45, 7) is 2.38. The van der Waals surface area contributed by atoms with Gasteiger partial charge >= 0.3 is 0 Å². The summed E-state index contributed by atoms with van der Waals surface area (Å²) in [5.74, 6) is -4.93. The van der Waals surface area contributed by atoms with E-state index in [1.807, 2.05) is 25.1 Å². The minimum Gasteiger partial charge on any atom is -0.508 e. The van der Waals surface area contributed by atoms with E-state index in [9.17, 15) is 34.8 Å². The van der Waals surface area contributed by atoms with Crippen molar-refractivity contribution in [2.24, 2.45) is 29.4 Å². The predicted molar refractivity (Wildman–Crippen MR) is 164 cm³/mol. The van der Waals surface area contributed by atoms with Crippen LogP contribution in [0.25, 0.3) is 5.76 Å². The van der Waals surface area contributed by atoms with E-state index < -0.39 is 58.0 Å². The number of likely N-dealkylation sites (N-methyl/N-ethyl adjacent to an activating group) is 1. The minimum atomic E-state index is -2.65. The molecule has 2 saturated carbocycles. The van der Waals surface area contributed by atoms with Crippen LogP contribution in [-0.4, -0.2) is 101 Å². The van der Waals surface area contributed by atoms with Crippen molar-refractivity contribution >= 4 is 28.9 Å². The Bertz CT molecular complexity index is 1500. The monoisotopic (exact) mass is 608 g/mol. The number of hydrogen-bond donors (Lipinski definition) is 5. The van der Waals surface area contributed by atoms with Gasteiger partial charge in [0.25, 0.3) is 5.91 Å². The zero-order chi connectivity index (χ0) is 31.8. The Hall–Kier alpha value is -3.41. The molecule has 4 unspecified atom stereocenters. The molecule has 0 aromatic heterocycles. The summed E-state index contributed by atoms with van der Waals surface area (Å²) in [5.41, 5.74) is 4.12. The van der Waals surface area contributed by atoms with Crippen LogP contribution in [-0.2, 0) is 27.3 Å². The number of carbonyl (C=O) groups is 3. The molecule has 0 spiro atoms. The Labute approximate surface area is 257 Å². The average Bonchev–Trinajstić information content (AvgIpc) is 2.95. The molecule has 1 heterocycles. The average molecular weight is 609 g/mol.